The summed E-state index contributed by atoms with van der Waals surface area (Å²) in [7, 11) is 5.13. The van der Waals surface area contributed by atoms with Crippen LogP contribution in [0.1, 0.15) is 10.5 Å². The smallest absolute Gasteiger partial charge is 0.354 e. The van der Waals surface area contributed by atoms with Gasteiger partial charge in [-0.2, -0.15) is 5.10 Å². The first kappa shape index (κ1) is 12.5. The zero-order valence-electron chi connectivity index (χ0n) is 11.6. The Hall–Kier alpha value is -2.56. The average Bonchev–Trinajstić information content (AvgIpc) is 3.00. The van der Waals surface area contributed by atoms with Gasteiger partial charge in [0.15, 0.2) is 0 Å². The monoisotopic (exact) mass is 269 g/mol. The van der Waals surface area contributed by atoms with E-state index in [9.17, 15) is 4.79 Å². The van der Waals surface area contributed by atoms with E-state index in [1.807, 2.05) is 49.1 Å². The van der Waals surface area contributed by atoms with Gasteiger partial charge in [-0.15, -0.1) is 0 Å². The summed E-state index contributed by atoms with van der Waals surface area (Å²) in [5.74, 6) is -0.348. The summed E-state index contributed by atoms with van der Waals surface area (Å²) < 4.78 is 8.42. The largest absolute Gasteiger partial charge is 0.464 e. The highest BCUT2D eigenvalue weighted by molar-refractivity contribution is 5.94. The highest BCUT2D eigenvalue weighted by Gasteiger charge is 2.17. The molecule has 20 heavy (non-hydrogen) atoms. The fourth-order valence-electron chi connectivity index (χ4n) is 2.46. The second-order valence-corrected chi connectivity index (χ2v) is 4.64. The molecule has 0 aliphatic heterocycles. The van der Waals surface area contributed by atoms with Gasteiger partial charge in [0.05, 0.1) is 18.3 Å². The van der Waals surface area contributed by atoms with Crippen molar-refractivity contribution in [2.45, 2.75) is 0 Å². The van der Waals surface area contributed by atoms with Crippen LogP contribution in [-0.2, 0) is 18.8 Å². The van der Waals surface area contributed by atoms with Crippen LogP contribution in [0.2, 0.25) is 0 Å². The lowest BCUT2D eigenvalue weighted by molar-refractivity contribution is 0.0590. The molecule has 0 amide bonds. The van der Waals surface area contributed by atoms with Gasteiger partial charge in [-0.05, 0) is 18.2 Å². The molecular formula is C15H15N3O2. The number of methoxy groups -OCH3 is 1. The van der Waals surface area contributed by atoms with E-state index in [0.717, 1.165) is 22.3 Å². The summed E-state index contributed by atoms with van der Waals surface area (Å²) >= 11 is 0. The van der Waals surface area contributed by atoms with Crippen molar-refractivity contribution in [2.24, 2.45) is 14.1 Å². The molecule has 0 radical (unpaired) electrons. The van der Waals surface area contributed by atoms with Crippen molar-refractivity contribution in [3.8, 4) is 11.4 Å². The minimum absolute atomic E-state index is 0.348. The Balaban J connectivity index is 2.22. The van der Waals surface area contributed by atoms with Crippen molar-refractivity contribution >= 4 is 16.9 Å². The molecule has 1 aromatic carbocycles. The third kappa shape index (κ3) is 1.71. The van der Waals surface area contributed by atoms with E-state index in [1.165, 1.54) is 7.11 Å². The van der Waals surface area contributed by atoms with Gasteiger partial charge in [0.1, 0.15) is 11.4 Å². The lowest BCUT2D eigenvalue weighted by Crippen LogP contribution is -2.08. The van der Waals surface area contributed by atoms with Crippen molar-refractivity contribution in [1.29, 1.82) is 0 Å². The highest BCUT2D eigenvalue weighted by Crippen LogP contribution is 2.28. The van der Waals surface area contributed by atoms with E-state index in [2.05, 4.69) is 5.10 Å². The SMILES string of the molecule is COC(=O)c1ccc(-c2nn(C)c3ccccc23)n1C. The molecule has 3 rings (SSSR count). The fraction of sp³-hybridized carbons (Fsp3) is 0.200. The zero-order chi connectivity index (χ0) is 14.3. The number of hydrogen-bond acceptors (Lipinski definition) is 3. The number of para-hydroxylation sites is 1. The van der Waals surface area contributed by atoms with Crippen molar-refractivity contribution in [2.75, 3.05) is 7.11 Å². The van der Waals surface area contributed by atoms with Crippen LogP contribution in [-0.4, -0.2) is 27.4 Å². The van der Waals surface area contributed by atoms with Crippen LogP contribution < -0.4 is 0 Å². The lowest BCUT2D eigenvalue weighted by atomic mass is 10.2. The minimum atomic E-state index is -0.348. The molecular weight excluding hydrogens is 254 g/mol. The third-order valence-electron chi connectivity index (χ3n) is 3.52. The number of ether oxygens (including phenoxy) is 1. The van der Waals surface area contributed by atoms with E-state index in [4.69, 9.17) is 4.74 Å². The molecule has 0 aliphatic carbocycles. The molecule has 2 aromatic heterocycles. The number of carbonyl (C=O) groups excluding carboxylic acids is 1. The van der Waals surface area contributed by atoms with Crippen LogP contribution >= 0.6 is 0 Å². The van der Waals surface area contributed by atoms with E-state index in [0.29, 0.717) is 5.69 Å². The Morgan fingerprint density at radius 2 is 1.90 bits per heavy atom. The van der Waals surface area contributed by atoms with Crippen LogP contribution in [0.15, 0.2) is 36.4 Å². The van der Waals surface area contributed by atoms with Crippen LogP contribution in [0.25, 0.3) is 22.3 Å². The Morgan fingerprint density at radius 1 is 1.15 bits per heavy atom. The molecule has 0 bridgehead atoms. The number of aryl methyl sites for hydroxylation is 1. The fourth-order valence-corrected chi connectivity index (χ4v) is 2.46. The standard InChI is InChI=1S/C15H15N3O2/c1-17-12(8-9-13(17)15(19)20-3)14-10-6-4-5-7-11(10)18(2)16-14/h4-9H,1-3H3. The Morgan fingerprint density at radius 3 is 2.65 bits per heavy atom. The number of aromatic nitrogens is 3. The number of rotatable bonds is 2. The summed E-state index contributed by atoms with van der Waals surface area (Å²) in [5, 5.41) is 5.63. The first-order valence-corrected chi connectivity index (χ1v) is 6.29. The molecule has 0 atom stereocenters. The number of benzene rings is 1. The van der Waals surface area contributed by atoms with Gasteiger partial charge < -0.3 is 9.30 Å². The van der Waals surface area contributed by atoms with Crippen LogP contribution in [0.5, 0.6) is 0 Å². The van der Waals surface area contributed by atoms with E-state index in [-0.39, 0.29) is 5.97 Å². The summed E-state index contributed by atoms with van der Waals surface area (Å²) in [6, 6.07) is 11.7. The number of carbonyl (C=O) groups is 1. The van der Waals surface area contributed by atoms with Crippen LogP contribution in [0.3, 0.4) is 0 Å². The second-order valence-electron chi connectivity index (χ2n) is 4.64. The molecule has 5 heteroatoms. The van der Waals surface area contributed by atoms with Crippen LogP contribution in [0, 0.1) is 0 Å². The van der Waals surface area contributed by atoms with Crippen molar-refractivity contribution < 1.29 is 9.53 Å². The van der Waals surface area contributed by atoms with Gasteiger partial charge in [-0.25, -0.2) is 4.79 Å². The number of hydrogen-bond donors (Lipinski definition) is 0. The quantitative estimate of drug-likeness (QED) is 0.671. The molecule has 0 saturated carbocycles. The zero-order valence-corrected chi connectivity index (χ0v) is 11.6. The first-order valence-electron chi connectivity index (χ1n) is 6.29. The lowest BCUT2D eigenvalue weighted by Gasteiger charge is -2.04. The number of nitrogens with zero attached hydrogens (tertiary/aromatic N) is 3. The maximum Gasteiger partial charge on any atom is 0.354 e. The Bertz CT molecular complexity index is 799. The predicted molar refractivity (Wildman–Crippen MR) is 76.5 cm³/mol. The van der Waals surface area contributed by atoms with Gasteiger partial charge in [0, 0.05) is 19.5 Å². The Kier molecular flexibility index (Phi) is 2.82. The number of esters is 1. The highest BCUT2D eigenvalue weighted by atomic mass is 16.5. The maximum absolute atomic E-state index is 11.7. The molecule has 0 saturated heterocycles. The van der Waals surface area contributed by atoms with E-state index >= 15 is 0 Å². The normalized spacial score (nSPS) is 10.9. The maximum atomic E-state index is 11.7. The summed E-state index contributed by atoms with van der Waals surface area (Å²) in [4.78, 5) is 11.7. The molecule has 3 aromatic rings. The number of fused-ring (bicyclic) bond motifs is 1. The molecule has 102 valence electrons. The van der Waals surface area contributed by atoms with E-state index < -0.39 is 0 Å². The van der Waals surface area contributed by atoms with Gasteiger partial charge in [0.25, 0.3) is 0 Å². The van der Waals surface area contributed by atoms with Crippen LogP contribution in [0.4, 0.5) is 0 Å². The van der Waals surface area contributed by atoms with E-state index in [1.54, 1.807) is 10.6 Å². The predicted octanol–water partition coefficient (Wildman–Crippen LogP) is 2.37. The summed E-state index contributed by atoms with van der Waals surface area (Å²) in [6.45, 7) is 0. The third-order valence-corrected chi connectivity index (χ3v) is 3.52. The first-order chi connectivity index (χ1) is 9.63. The van der Waals surface area contributed by atoms with Gasteiger partial charge in [-0.1, -0.05) is 18.2 Å². The molecule has 0 fully saturated rings. The van der Waals surface area contributed by atoms with Gasteiger partial charge >= 0.3 is 5.97 Å². The summed E-state index contributed by atoms with van der Waals surface area (Å²) in [5.41, 5.74) is 3.32. The average molecular weight is 269 g/mol. The van der Waals surface area contributed by atoms with Crippen molar-refractivity contribution in [1.82, 2.24) is 14.3 Å². The summed E-state index contributed by atoms with van der Waals surface area (Å²) in [6.07, 6.45) is 0. The molecule has 0 aliphatic rings. The molecule has 2 heterocycles. The molecule has 0 N–H and O–H groups in total. The van der Waals surface area contributed by atoms with Crippen molar-refractivity contribution in [3.05, 3.63) is 42.1 Å². The van der Waals surface area contributed by atoms with Gasteiger partial charge in [-0.3, -0.25) is 4.68 Å². The second kappa shape index (κ2) is 4.52. The minimum Gasteiger partial charge on any atom is -0.464 e. The molecule has 0 unspecified atom stereocenters. The Labute approximate surface area is 116 Å². The molecule has 0 spiro atoms. The topological polar surface area (TPSA) is 49.0 Å². The molecule has 5 nitrogen and oxygen atoms in total. The van der Waals surface area contributed by atoms with Gasteiger partial charge in [0.2, 0.25) is 0 Å². The van der Waals surface area contributed by atoms with Crippen molar-refractivity contribution in [3.63, 3.8) is 0 Å².